The van der Waals surface area contributed by atoms with Crippen molar-refractivity contribution in [2.45, 2.75) is 71.0 Å². The smallest absolute Gasteiger partial charge is 0.0806 e. The van der Waals surface area contributed by atoms with Crippen LogP contribution in [0.3, 0.4) is 0 Å². The fourth-order valence-corrected chi connectivity index (χ4v) is 2.63. The molecule has 0 spiro atoms. The van der Waals surface area contributed by atoms with E-state index in [1.54, 1.807) is 7.11 Å². The number of nitrogens with one attached hydrogen (secondary N) is 1. The molecule has 1 rings (SSSR count). The summed E-state index contributed by atoms with van der Waals surface area (Å²) in [5, 5.41) is 3.48. The van der Waals surface area contributed by atoms with Crippen LogP contribution in [0.4, 0.5) is 0 Å². The highest BCUT2D eigenvalue weighted by Gasteiger charge is 2.35. The molecule has 3 nitrogen and oxygen atoms in total. The summed E-state index contributed by atoms with van der Waals surface area (Å²) in [5.41, 5.74) is -0.0202. The Hall–Kier alpha value is -0.120. The molecule has 0 aromatic heterocycles. The molecule has 0 amide bonds. The van der Waals surface area contributed by atoms with Gasteiger partial charge >= 0.3 is 0 Å². The molecule has 19 heavy (non-hydrogen) atoms. The maximum Gasteiger partial charge on any atom is 0.0806 e. The van der Waals surface area contributed by atoms with Gasteiger partial charge in [-0.15, -0.1) is 0 Å². The second-order valence-electron chi connectivity index (χ2n) is 6.71. The third-order valence-corrected chi connectivity index (χ3v) is 4.55. The zero-order valence-corrected chi connectivity index (χ0v) is 13.6. The van der Waals surface area contributed by atoms with Crippen LogP contribution in [-0.4, -0.2) is 38.0 Å². The maximum atomic E-state index is 6.32. The summed E-state index contributed by atoms with van der Waals surface area (Å²) in [5.74, 6) is 0.855. The largest absolute Gasteiger partial charge is 0.379 e. The molecule has 0 aliphatic heterocycles. The number of rotatable bonds is 8. The SMILES string of the molecule is CCNCC1(OCCC(C)(C)OC)CCC(C)CC1. The number of hydrogen-bond acceptors (Lipinski definition) is 3. The van der Waals surface area contributed by atoms with Gasteiger partial charge < -0.3 is 14.8 Å². The first-order valence-corrected chi connectivity index (χ1v) is 7.83. The fourth-order valence-electron chi connectivity index (χ4n) is 2.63. The average Bonchev–Trinajstić information content (AvgIpc) is 2.39. The fraction of sp³-hybridized carbons (Fsp3) is 1.00. The van der Waals surface area contributed by atoms with Crippen LogP contribution in [0, 0.1) is 5.92 Å². The topological polar surface area (TPSA) is 30.5 Å². The van der Waals surface area contributed by atoms with Gasteiger partial charge in [-0.25, -0.2) is 0 Å². The molecule has 0 unspecified atom stereocenters. The highest BCUT2D eigenvalue weighted by atomic mass is 16.5. The third-order valence-electron chi connectivity index (χ3n) is 4.55. The lowest BCUT2D eigenvalue weighted by atomic mass is 9.79. The van der Waals surface area contributed by atoms with Gasteiger partial charge in [0.05, 0.1) is 17.8 Å². The monoisotopic (exact) mass is 271 g/mol. The van der Waals surface area contributed by atoms with Gasteiger partial charge in [0.1, 0.15) is 0 Å². The van der Waals surface area contributed by atoms with Crippen LogP contribution in [0.5, 0.6) is 0 Å². The van der Waals surface area contributed by atoms with Crippen LogP contribution in [0.2, 0.25) is 0 Å². The number of likely N-dealkylation sites (N-methyl/N-ethyl adjacent to an activating group) is 1. The minimum absolute atomic E-state index is 0.0618. The maximum absolute atomic E-state index is 6.32. The Kier molecular flexibility index (Phi) is 6.78. The highest BCUT2D eigenvalue weighted by molar-refractivity contribution is 4.88. The minimum atomic E-state index is -0.0820. The van der Waals surface area contributed by atoms with Crippen molar-refractivity contribution in [3.63, 3.8) is 0 Å². The predicted octanol–water partition coefficient (Wildman–Crippen LogP) is 3.38. The van der Waals surface area contributed by atoms with E-state index < -0.39 is 0 Å². The molecular weight excluding hydrogens is 238 g/mol. The van der Waals surface area contributed by atoms with Crippen LogP contribution in [0.15, 0.2) is 0 Å². The van der Waals surface area contributed by atoms with E-state index in [1.165, 1.54) is 25.7 Å². The zero-order chi connectivity index (χ0) is 14.4. The predicted molar refractivity (Wildman–Crippen MR) is 80.6 cm³/mol. The van der Waals surface area contributed by atoms with Gasteiger partial charge in [-0.3, -0.25) is 0 Å². The van der Waals surface area contributed by atoms with Crippen LogP contribution < -0.4 is 5.32 Å². The summed E-state index contributed by atoms with van der Waals surface area (Å²) in [6.07, 6.45) is 5.91. The molecule has 0 saturated heterocycles. The quantitative estimate of drug-likeness (QED) is 0.734. The molecule has 1 fully saturated rings. The highest BCUT2D eigenvalue weighted by Crippen LogP contribution is 2.34. The van der Waals surface area contributed by atoms with Crippen molar-refractivity contribution in [3.8, 4) is 0 Å². The standard InChI is InChI=1S/C16H33NO2/c1-6-17-13-16(9-7-14(2)8-10-16)19-12-11-15(3,4)18-5/h14,17H,6-13H2,1-5H3. The van der Waals surface area contributed by atoms with Gasteiger partial charge in [0, 0.05) is 13.7 Å². The van der Waals surface area contributed by atoms with E-state index in [0.29, 0.717) is 0 Å². The Balaban J connectivity index is 2.46. The lowest BCUT2D eigenvalue weighted by Gasteiger charge is -2.40. The molecule has 1 saturated carbocycles. The van der Waals surface area contributed by atoms with Crippen LogP contribution in [-0.2, 0) is 9.47 Å². The second kappa shape index (κ2) is 7.61. The summed E-state index contributed by atoms with van der Waals surface area (Å²) >= 11 is 0. The van der Waals surface area contributed by atoms with Gasteiger partial charge in [-0.1, -0.05) is 13.8 Å². The van der Waals surface area contributed by atoms with E-state index in [0.717, 1.165) is 32.0 Å². The zero-order valence-electron chi connectivity index (χ0n) is 13.6. The van der Waals surface area contributed by atoms with Gasteiger partial charge in [0.25, 0.3) is 0 Å². The van der Waals surface area contributed by atoms with E-state index in [9.17, 15) is 0 Å². The van der Waals surface area contributed by atoms with Crippen molar-refractivity contribution >= 4 is 0 Å². The average molecular weight is 271 g/mol. The van der Waals surface area contributed by atoms with E-state index in [1.807, 2.05) is 0 Å². The van der Waals surface area contributed by atoms with Crippen molar-refractivity contribution in [1.82, 2.24) is 5.32 Å². The van der Waals surface area contributed by atoms with E-state index in [2.05, 4.69) is 33.0 Å². The molecule has 114 valence electrons. The van der Waals surface area contributed by atoms with Gasteiger partial charge in [-0.05, 0) is 58.4 Å². The lowest BCUT2D eigenvalue weighted by Crippen LogP contribution is -2.46. The van der Waals surface area contributed by atoms with Crippen LogP contribution in [0.1, 0.15) is 59.8 Å². The molecular formula is C16H33NO2. The lowest BCUT2D eigenvalue weighted by molar-refractivity contribution is -0.0953. The normalized spacial score (nSPS) is 28.6. The van der Waals surface area contributed by atoms with Gasteiger partial charge in [0.15, 0.2) is 0 Å². The van der Waals surface area contributed by atoms with Crippen molar-refractivity contribution in [2.24, 2.45) is 5.92 Å². The Morgan fingerprint density at radius 3 is 2.42 bits per heavy atom. The Labute approximate surface area is 119 Å². The molecule has 0 atom stereocenters. The van der Waals surface area contributed by atoms with Crippen LogP contribution >= 0.6 is 0 Å². The van der Waals surface area contributed by atoms with E-state index in [-0.39, 0.29) is 11.2 Å². The molecule has 1 aliphatic rings. The molecule has 0 bridgehead atoms. The number of methoxy groups -OCH3 is 1. The molecule has 3 heteroatoms. The first kappa shape index (κ1) is 16.9. The third kappa shape index (κ3) is 5.80. The Morgan fingerprint density at radius 1 is 1.26 bits per heavy atom. The first-order valence-electron chi connectivity index (χ1n) is 7.83. The summed E-state index contributed by atoms with van der Waals surface area (Å²) in [6.45, 7) is 11.6. The van der Waals surface area contributed by atoms with Gasteiger partial charge in [0.2, 0.25) is 0 Å². The molecule has 0 radical (unpaired) electrons. The Morgan fingerprint density at radius 2 is 1.89 bits per heavy atom. The summed E-state index contributed by atoms with van der Waals surface area (Å²) in [4.78, 5) is 0. The number of ether oxygens (including phenoxy) is 2. The molecule has 0 heterocycles. The molecule has 0 aromatic rings. The van der Waals surface area contributed by atoms with Crippen molar-refractivity contribution in [1.29, 1.82) is 0 Å². The summed E-state index contributed by atoms with van der Waals surface area (Å²) in [7, 11) is 1.77. The Bertz CT molecular complexity index is 240. The molecule has 0 aromatic carbocycles. The van der Waals surface area contributed by atoms with E-state index in [4.69, 9.17) is 9.47 Å². The molecule has 1 aliphatic carbocycles. The first-order chi connectivity index (χ1) is 8.93. The van der Waals surface area contributed by atoms with Crippen molar-refractivity contribution < 1.29 is 9.47 Å². The summed E-state index contributed by atoms with van der Waals surface area (Å²) in [6, 6.07) is 0. The van der Waals surface area contributed by atoms with Gasteiger partial charge in [-0.2, -0.15) is 0 Å². The molecule has 1 N–H and O–H groups in total. The van der Waals surface area contributed by atoms with Crippen molar-refractivity contribution in [3.05, 3.63) is 0 Å². The summed E-state index contributed by atoms with van der Waals surface area (Å²) < 4.78 is 11.8. The minimum Gasteiger partial charge on any atom is -0.379 e. The van der Waals surface area contributed by atoms with Crippen LogP contribution in [0.25, 0.3) is 0 Å². The van der Waals surface area contributed by atoms with E-state index >= 15 is 0 Å². The number of hydrogen-bond donors (Lipinski definition) is 1. The second-order valence-corrected chi connectivity index (χ2v) is 6.71. The van der Waals surface area contributed by atoms with Crippen molar-refractivity contribution in [2.75, 3.05) is 26.8 Å².